The van der Waals surface area contributed by atoms with Crippen molar-refractivity contribution in [2.24, 2.45) is 0 Å². The first kappa shape index (κ1) is 17.0. The molecule has 2 atom stereocenters. The Morgan fingerprint density at radius 2 is 2.33 bits per heavy atom. The van der Waals surface area contributed by atoms with Crippen molar-refractivity contribution in [3.63, 3.8) is 0 Å². The highest BCUT2D eigenvalue weighted by Crippen LogP contribution is 2.28. The Kier molecular flexibility index (Phi) is 5.18. The van der Waals surface area contributed by atoms with Gasteiger partial charge < -0.3 is 9.42 Å². The molecule has 2 heterocycles. The lowest BCUT2D eigenvalue weighted by Gasteiger charge is -2.32. The Hall–Kier alpha value is -1.89. The van der Waals surface area contributed by atoms with Gasteiger partial charge in [0.1, 0.15) is 5.82 Å². The minimum atomic E-state index is -0.334. The second-order valence-electron chi connectivity index (χ2n) is 5.97. The highest BCUT2D eigenvalue weighted by atomic mass is 32.2. The Balaban J connectivity index is 1.74. The van der Waals surface area contributed by atoms with Crippen LogP contribution in [0.5, 0.6) is 0 Å². The van der Waals surface area contributed by atoms with Crippen LogP contribution in [0.15, 0.2) is 28.8 Å². The molecular formula is C17H20FN3O2S. The van der Waals surface area contributed by atoms with E-state index in [1.54, 1.807) is 23.9 Å². The molecule has 1 saturated heterocycles. The van der Waals surface area contributed by atoms with E-state index in [-0.39, 0.29) is 22.9 Å². The molecule has 3 rings (SSSR count). The fourth-order valence-electron chi connectivity index (χ4n) is 2.88. The van der Waals surface area contributed by atoms with Crippen molar-refractivity contribution in [1.82, 2.24) is 15.0 Å². The van der Waals surface area contributed by atoms with Crippen LogP contribution in [-0.2, 0) is 4.79 Å². The first-order chi connectivity index (χ1) is 11.6. The number of hydrogen-bond acceptors (Lipinski definition) is 5. The van der Waals surface area contributed by atoms with Crippen LogP contribution >= 0.6 is 11.8 Å². The molecule has 24 heavy (non-hydrogen) atoms. The second-order valence-corrected chi connectivity index (χ2v) is 7.15. The van der Waals surface area contributed by atoms with Crippen LogP contribution < -0.4 is 0 Å². The normalized spacial score (nSPS) is 19.3. The van der Waals surface area contributed by atoms with E-state index in [9.17, 15) is 9.18 Å². The standard InChI is InChI=1S/C17H20FN3O2S/c1-11(24-2)17(22)21-8-4-6-13(10-21)16-19-15(20-23-16)12-5-3-7-14(18)9-12/h3,5,7,9,11,13H,4,6,8,10H2,1-2H3/t11-,13-/m0/s1. The number of likely N-dealkylation sites (tertiary alicyclic amines) is 1. The molecule has 0 saturated carbocycles. The van der Waals surface area contributed by atoms with Gasteiger partial charge in [-0.15, -0.1) is 0 Å². The first-order valence-electron chi connectivity index (χ1n) is 7.99. The zero-order valence-corrected chi connectivity index (χ0v) is 14.6. The van der Waals surface area contributed by atoms with Gasteiger partial charge in [-0.3, -0.25) is 4.79 Å². The molecule has 128 valence electrons. The number of hydrogen-bond donors (Lipinski definition) is 0. The maximum atomic E-state index is 13.3. The van der Waals surface area contributed by atoms with Crippen molar-refractivity contribution in [3.8, 4) is 11.4 Å². The summed E-state index contributed by atoms with van der Waals surface area (Å²) in [4.78, 5) is 18.7. The summed E-state index contributed by atoms with van der Waals surface area (Å²) < 4.78 is 18.7. The fraction of sp³-hybridized carbons (Fsp3) is 0.471. The minimum absolute atomic E-state index is 0.0339. The minimum Gasteiger partial charge on any atom is -0.341 e. The monoisotopic (exact) mass is 349 g/mol. The van der Waals surface area contributed by atoms with Crippen LogP contribution in [0.25, 0.3) is 11.4 Å². The number of halogens is 1. The van der Waals surface area contributed by atoms with E-state index in [2.05, 4.69) is 10.1 Å². The molecule has 0 spiro atoms. The highest BCUT2D eigenvalue weighted by molar-refractivity contribution is 7.99. The highest BCUT2D eigenvalue weighted by Gasteiger charge is 2.30. The van der Waals surface area contributed by atoms with Crippen molar-refractivity contribution in [3.05, 3.63) is 36.0 Å². The summed E-state index contributed by atoms with van der Waals surface area (Å²) in [5.41, 5.74) is 0.588. The van der Waals surface area contributed by atoms with Gasteiger partial charge in [0.15, 0.2) is 0 Å². The fourth-order valence-corrected chi connectivity index (χ4v) is 3.23. The van der Waals surface area contributed by atoms with Crippen molar-refractivity contribution in [1.29, 1.82) is 0 Å². The smallest absolute Gasteiger partial charge is 0.235 e. The van der Waals surface area contributed by atoms with Gasteiger partial charge in [-0.05, 0) is 38.2 Å². The molecule has 0 radical (unpaired) electrons. The molecule has 0 unspecified atom stereocenters. The number of aromatic nitrogens is 2. The van der Waals surface area contributed by atoms with Crippen LogP contribution in [0, 0.1) is 5.82 Å². The maximum Gasteiger partial charge on any atom is 0.235 e. The topological polar surface area (TPSA) is 59.2 Å². The van der Waals surface area contributed by atoms with Crippen LogP contribution in [0.3, 0.4) is 0 Å². The molecule has 0 N–H and O–H groups in total. The molecule has 0 bridgehead atoms. The van der Waals surface area contributed by atoms with Gasteiger partial charge in [0.25, 0.3) is 0 Å². The molecule has 0 aliphatic carbocycles. The van der Waals surface area contributed by atoms with Gasteiger partial charge in [-0.1, -0.05) is 17.3 Å². The number of carbonyl (C=O) groups is 1. The first-order valence-corrected chi connectivity index (χ1v) is 9.28. The third-order valence-electron chi connectivity index (χ3n) is 4.31. The summed E-state index contributed by atoms with van der Waals surface area (Å²) in [5, 5.41) is 3.92. The molecule has 2 aromatic rings. The van der Waals surface area contributed by atoms with Gasteiger partial charge in [0.05, 0.1) is 11.2 Å². The number of nitrogens with zero attached hydrogens (tertiary/aromatic N) is 3. The van der Waals surface area contributed by atoms with E-state index in [1.807, 2.05) is 18.1 Å². The summed E-state index contributed by atoms with van der Waals surface area (Å²) in [7, 11) is 0. The number of rotatable bonds is 4. The molecule has 1 amide bonds. The van der Waals surface area contributed by atoms with E-state index >= 15 is 0 Å². The quantitative estimate of drug-likeness (QED) is 0.847. The Morgan fingerprint density at radius 1 is 1.50 bits per heavy atom. The van der Waals surface area contributed by atoms with Crippen molar-refractivity contribution in [2.45, 2.75) is 30.9 Å². The van der Waals surface area contributed by atoms with Gasteiger partial charge in [-0.2, -0.15) is 16.7 Å². The van der Waals surface area contributed by atoms with E-state index in [4.69, 9.17) is 4.52 Å². The molecule has 5 nitrogen and oxygen atoms in total. The number of amides is 1. The second kappa shape index (κ2) is 7.34. The van der Waals surface area contributed by atoms with E-state index in [0.29, 0.717) is 23.8 Å². The number of benzene rings is 1. The molecule has 1 aliphatic rings. The zero-order valence-electron chi connectivity index (χ0n) is 13.7. The third-order valence-corrected chi connectivity index (χ3v) is 5.22. The Bertz CT molecular complexity index is 721. The lowest BCUT2D eigenvalue weighted by molar-refractivity contribution is -0.131. The Labute approximate surface area is 144 Å². The van der Waals surface area contributed by atoms with E-state index in [0.717, 1.165) is 19.4 Å². The average Bonchev–Trinajstić information content (AvgIpc) is 3.11. The van der Waals surface area contributed by atoms with E-state index in [1.165, 1.54) is 12.1 Å². The summed E-state index contributed by atoms with van der Waals surface area (Å²) in [5.74, 6) is 0.747. The number of piperidine rings is 1. The molecular weight excluding hydrogens is 329 g/mol. The van der Waals surface area contributed by atoms with Crippen molar-refractivity contribution in [2.75, 3.05) is 19.3 Å². The lowest BCUT2D eigenvalue weighted by atomic mass is 9.97. The van der Waals surface area contributed by atoms with E-state index < -0.39 is 0 Å². The summed E-state index contributed by atoms with van der Waals surface area (Å²) in [6.45, 7) is 3.28. The number of carbonyl (C=O) groups excluding carboxylic acids is 1. The lowest BCUT2D eigenvalue weighted by Crippen LogP contribution is -2.42. The zero-order chi connectivity index (χ0) is 17.1. The summed E-state index contributed by atoms with van der Waals surface area (Å²) >= 11 is 1.55. The van der Waals surface area contributed by atoms with Crippen molar-refractivity contribution < 1.29 is 13.7 Å². The SMILES string of the molecule is CS[C@@H](C)C(=O)N1CCC[C@H](c2nc(-c3cccc(F)c3)no2)C1. The molecule has 1 aliphatic heterocycles. The maximum absolute atomic E-state index is 13.3. The van der Waals surface area contributed by atoms with Crippen LogP contribution in [0.2, 0.25) is 0 Å². The molecule has 1 aromatic heterocycles. The van der Waals surface area contributed by atoms with Crippen LogP contribution in [-0.4, -0.2) is 45.5 Å². The summed E-state index contributed by atoms with van der Waals surface area (Å²) in [6, 6.07) is 6.12. The van der Waals surface area contributed by atoms with Crippen LogP contribution in [0.1, 0.15) is 31.6 Å². The summed E-state index contributed by atoms with van der Waals surface area (Å²) in [6.07, 6.45) is 3.75. The Morgan fingerprint density at radius 3 is 3.08 bits per heavy atom. The van der Waals surface area contributed by atoms with Gasteiger partial charge >= 0.3 is 0 Å². The number of thioether (sulfide) groups is 1. The average molecular weight is 349 g/mol. The predicted octanol–water partition coefficient (Wildman–Crippen LogP) is 3.33. The molecule has 7 heteroatoms. The van der Waals surface area contributed by atoms with Gasteiger partial charge in [0.2, 0.25) is 17.6 Å². The predicted molar refractivity (Wildman–Crippen MR) is 91.2 cm³/mol. The van der Waals surface area contributed by atoms with Gasteiger partial charge in [-0.25, -0.2) is 4.39 Å². The third kappa shape index (κ3) is 3.61. The molecule has 1 fully saturated rings. The van der Waals surface area contributed by atoms with Gasteiger partial charge in [0, 0.05) is 18.7 Å². The van der Waals surface area contributed by atoms with Crippen molar-refractivity contribution >= 4 is 17.7 Å². The largest absolute Gasteiger partial charge is 0.341 e. The molecule has 1 aromatic carbocycles. The van der Waals surface area contributed by atoms with Crippen LogP contribution in [0.4, 0.5) is 4.39 Å².